The van der Waals surface area contributed by atoms with E-state index in [2.05, 4.69) is 0 Å². The van der Waals surface area contributed by atoms with Crippen LogP contribution in [-0.2, 0) is 0 Å². The molecule has 92 valence electrons. The molecule has 0 saturated heterocycles. The van der Waals surface area contributed by atoms with Gasteiger partial charge in [0, 0.05) is 5.02 Å². The summed E-state index contributed by atoms with van der Waals surface area (Å²) < 4.78 is 5.55. The minimum absolute atomic E-state index is 0.0634. The van der Waals surface area contributed by atoms with E-state index in [1.54, 1.807) is 0 Å². The third-order valence-corrected chi connectivity index (χ3v) is 3.11. The molecule has 0 radical (unpaired) electrons. The quantitative estimate of drug-likeness (QED) is 0.871. The van der Waals surface area contributed by atoms with Crippen molar-refractivity contribution in [2.75, 3.05) is 0 Å². The normalized spacial score (nSPS) is 23.6. The number of aliphatic hydroxyl groups is 1. The van der Waals surface area contributed by atoms with E-state index in [9.17, 15) is 9.90 Å². The topological polar surface area (TPSA) is 66.8 Å². The number of ether oxygens (including phenoxy) is 1. The number of benzene rings is 1. The summed E-state index contributed by atoms with van der Waals surface area (Å²) in [6, 6.07) is 4.38. The van der Waals surface area contributed by atoms with Crippen molar-refractivity contribution < 1.29 is 19.7 Å². The first-order valence-corrected chi connectivity index (χ1v) is 5.83. The van der Waals surface area contributed by atoms with Crippen LogP contribution in [0, 0.1) is 0 Å². The van der Waals surface area contributed by atoms with Crippen LogP contribution in [-0.4, -0.2) is 28.4 Å². The van der Waals surface area contributed by atoms with Crippen LogP contribution in [0.15, 0.2) is 18.2 Å². The van der Waals surface area contributed by atoms with E-state index in [0.717, 1.165) is 12.8 Å². The standard InChI is InChI=1S/C12H13ClO4/c13-7-4-5-8(12(15)16)11(6-7)17-10-3-1-2-9(10)14/h4-6,9-10,14H,1-3H2,(H,15,16). The Labute approximate surface area is 104 Å². The van der Waals surface area contributed by atoms with Crippen molar-refractivity contribution in [1.29, 1.82) is 0 Å². The van der Waals surface area contributed by atoms with Crippen LogP contribution in [0.5, 0.6) is 5.75 Å². The Kier molecular flexibility index (Phi) is 3.54. The number of aliphatic hydroxyl groups excluding tert-OH is 1. The highest BCUT2D eigenvalue weighted by atomic mass is 35.5. The van der Waals surface area contributed by atoms with Gasteiger partial charge in [0.25, 0.3) is 0 Å². The Balaban J connectivity index is 2.24. The Morgan fingerprint density at radius 2 is 2.18 bits per heavy atom. The highest BCUT2D eigenvalue weighted by Crippen LogP contribution is 2.29. The first kappa shape index (κ1) is 12.2. The highest BCUT2D eigenvalue weighted by Gasteiger charge is 2.28. The monoisotopic (exact) mass is 256 g/mol. The van der Waals surface area contributed by atoms with Gasteiger partial charge in [-0.2, -0.15) is 0 Å². The van der Waals surface area contributed by atoms with Gasteiger partial charge >= 0.3 is 5.97 Å². The molecule has 1 aliphatic carbocycles. The molecule has 1 saturated carbocycles. The van der Waals surface area contributed by atoms with Gasteiger partial charge in [0.15, 0.2) is 0 Å². The molecule has 17 heavy (non-hydrogen) atoms. The largest absolute Gasteiger partial charge is 0.487 e. The average molecular weight is 257 g/mol. The van der Waals surface area contributed by atoms with Gasteiger partial charge in [0.2, 0.25) is 0 Å². The molecule has 1 aliphatic rings. The number of carboxylic acid groups (broad SMARTS) is 1. The summed E-state index contributed by atoms with van der Waals surface area (Å²) in [5.41, 5.74) is 0.0634. The molecule has 0 spiro atoms. The summed E-state index contributed by atoms with van der Waals surface area (Å²) in [6.07, 6.45) is 1.43. The number of halogens is 1. The van der Waals surface area contributed by atoms with Crippen LogP contribution < -0.4 is 4.74 Å². The zero-order valence-corrected chi connectivity index (χ0v) is 9.85. The minimum Gasteiger partial charge on any atom is -0.487 e. The van der Waals surface area contributed by atoms with Crippen molar-refractivity contribution in [1.82, 2.24) is 0 Å². The zero-order chi connectivity index (χ0) is 12.4. The van der Waals surface area contributed by atoms with Gasteiger partial charge in [-0.15, -0.1) is 0 Å². The Hall–Kier alpha value is -1.26. The van der Waals surface area contributed by atoms with Gasteiger partial charge in [-0.25, -0.2) is 4.79 Å². The molecule has 0 heterocycles. The fraction of sp³-hybridized carbons (Fsp3) is 0.417. The molecule has 1 fully saturated rings. The van der Waals surface area contributed by atoms with Crippen LogP contribution in [0.3, 0.4) is 0 Å². The van der Waals surface area contributed by atoms with E-state index in [4.69, 9.17) is 21.4 Å². The van der Waals surface area contributed by atoms with Crippen LogP contribution in [0.1, 0.15) is 29.6 Å². The first-order chi connectivity index (χ1) is 8.08. The number of rotatable bonds is 3. The van der Waals surface area contributed by atoms with Crippen LogP contribution in [0.4, 0.5) is 0 Å². The number of hydrogen-bond donors (Lipinski definition) is 2. The van der Waals surface area contributed by atoms with Crippen LogP contribution >= 0.6 is 11.6 Å². The molecule has 0 amide bonds. The first-order valence-electron chi connectivity index (χ1n) is 5.45. The van der Waals surface area contributed by atoms with Crippen molar-refractivity contribution in [2.45, 2.75) is 31.5 Å². The van der Waals surface area contributed by atoms with E-state index in [0.29, 0.717) is 11.4 Å². The van der Waals surface area contributed by atoms with Gasteiger partial charge in [-0.1, -0.05) is 11.6 Å². The third-order valence-electron chi connectivity index (χ3n) is 2.87. The highest BCUT2D eigenvalue weighted by molar-refractivity contribution is 6.30. The Bertz CT molecular complexity index is 433. The van der Waals surface area contributed by atoms with E-state index < -0.39 is 12.1 Å². The molecule has 5 heteroatoms. The fourth-order valence-electron chi connectivity index (χ4n) is 1.98. The smallest absolute Gasteiger partial charge is 0.339 e. The molecule has 2 N–H and O–H groups in total. The minimum atomic E-state index is -1.07. The maximum atomic E-state index is 11.0. The summed E-state index contributed by atoms with van der Waals surface area (Å²) >= 11 is 5.81. The predicted octanol–water partition coefficient (Wildman–Crippen LogP) is 2.33. The molecule has 0 aliphatic heterocycles. The number of carbonyl (C=O) groups is 1. The third kappa shape index (κ3) is 2.70. The van der Waals surface area contributed by atoms with Crippen LogP contribution in [0.2, 0.25) is 5.02 Å². The summed E-state index contributed by atoms with van der Waals surface area (Å²) in [5.74, 6) is -0.847. The second-order valence-electron chi connectivity index (χ2n) is 4.10. The van der Waals surface area contributed by atoms with E-state index in [1.165, 1.54) is 18.2 Å². The molecule has 4 nitrogen and oxygen atoms in total. The average Bonchev–Trinajstić information content (AvgIpc) is 2.64. The van der Waals surface area contributed by atoms with Gasteiger partial charge in [0.05, 0.1) is 6.10 Å². The molecule has 1 aromatic carbocycles. The number of hydrogen-bond acceptors (Lipinski definition) is 3. The van der Waals surface area contributed by atoms with Crippen molar-refractivity contribution in [3.63, 3.8) is 0 Å². The second kappa shape index (κ2) is 4.94. The van der Waals surface area contributed by atoms with E-state index in [1.807, 2.05) is 0 Å². The second-order valence-corrected chi connectivity index (χ2v) is 4.54. The lowest BCUT2D eigenvalue weighted by Gasteiger charge is -2.18. The Morgan fingerprint density at radius 3 is 2.76 bits per heavy atom. The molecule has 2 rings (SSSR count). The molecular weight excluding hydrogens is 244 g/mol. The molecule has 0 bridgehead atoms. The van der Waals surface area contributed by atoms with Crippen molar-refractivity contribution >= 4 is 17.6 Å². The zero-order valence-electron chi connectivity index (χ0n) is 9.10. The molecule has 0 aromatic heterocycles. The molecule has 2 atom stereocenters. The number of carboxylic acids is 1. The lowest BCUT2D eigenvalue weighted by atomic mass is 10.2. The molecule has 1 aromatic rings. The lowest BCUT2D eigenvalue weighted by molar-refractivity contribution is 0.0560. The summed E-state index contributed by atoms with van der Waals surface area (Å²) in [5, 5.41) is 19.1. The van der Waals surface area contributed by atoms with Crippen molar-refractivity contribution in [3.8, 4) is 5.75 Å². The van der Waals surface area contributed by atoms with Gasteiger partial charge < -0.3 is 14.9 Å². The maximum Gasteiger partial charge on any atom is 0.339 e. The number of aromatic carboxylic acids is 1. The van der Waals surface area contributed by atoms with Gasteiger partial charge in [0.1, 0.15) is 17.4 Å². The summed E-state index contributed by atoms with van der Waals surface area (Å²) in [7, 11) is 0. The lowest BCUT2D eigenvalue weighted by Crippen LogP contribution is -2.26. The summed E-state index contributed by atoms with van der Waals surface area (Å²) in [4.78, 5) is 11.0. The van der Waals surface area contributed by atoms with Gasteiger partial charge in [-0.05, 0) is 37.5 Å². The fourth-order valence-corrected chi connectivity index (χ4v) is 2.14. The van der Waals surface area contributed by atoms with Gasteiger partial charge in [-0.3, -0.25) is 0 Å². The predicted molar refractivity (Wildman–Crippen MR) is 62.7 cm³/mol. The van der Waals surface area contributed by atoms with Crippen LogP contribution in [0.25, 0.3) is 0 Å². The summed E-state index contributed by atoms with van der Waals surface area (Å²) in [6.45, 7) is 0. The van der Waals surface area contributed by atoms with Crippen molar-refractivity contribution in [2.24, 2.45) is 0 Å². The molecule has 2 unspecified atom stereocenters. The van der Waals surface area contributed by atoms with E-state index in [-0.39, 0.29) is 17.4 Å². The van der Waals surface area contributed by atoms with Crippen molar-refractivity contribution in [3.05, 3.63) is 28.8 Å². The SMILES string of the molecule is O=C(O)c1ccc(Cl)cc1OC1CCCC1O. The molecular formula is C12H13ClO4. The maximum absolute atomic E-state index is 11.0. The van der Waals surface area contributed by atoms with E-state index >= 15 is 0 Å². The Morgan fingerprint density at radius 1 is 1.41 bits per heavy atom.